The van der Waals surface area contributed by atoms with Crippen LogP contribution in [0.1, 0.15) is 27.7 Å². The van der Waals surface area contributed by atoms with E-state index < -0.39 is 5.54 Å². The largest absolute Gasteiger partial charge is 0.379 e. The number of carbonyl (C=O) groups excluding carboxylic acids is 1. The standard InChI is InChI=1S/C12H25N3O2/c1-11(2,15-5-7-17-8-6-15)9-14-10(16)12(3,4)13/h5-9,13H2,1-4H3,(H,14,16). The molecule has 1 rings (SSSR count). The van der Waals surface area contributed by atoms with Crippen LogP contribution in [-0.2, 0) is 9.53 Å². The molecule has 1 amide bonds. The van der Waals surface area contributed by atoms with Crippen LogP contribution >= 0.6 is 0 Å². The number of rotatable bonds is 4. The van der Waals surface area contributed by atoms with Gasteiger partial charge in [0.05, 0.1) is 18.8 Å². The van der Waals surface area contributed by atoms with Crippen molar-refractivity contribution in [3.8, 4) is 0 Å². The Balaban J connectivity index is 2.46. The van der Waals surface area contributed by atoms with E-state index in [2.05, 4.69) is 24.1 Å². The number of hydrogen-bond donors (Lipinski definition) is 2. The zero-order valence-corrected chi connectivity index (χ0v) is 11.4. The Labute approximate surface area is 104 Å². The summed E-state index contributed by atoms with van der Waals surface area (Å²) < 4.78 is 5.33. The second kappa shape index (κ2) is 5.33. The molecule has 0 bridgehead atoms. The van der Waals surface area contributed by atoms with Gasteiger partial charge in [0, 0.05) is 25.2 Å². The summed E-state index contributed by atoms with van der Waals surface area (Å²) in [5.41, 5.74) is 4.86. The predicted octanol–water partition coefficient (Wildman–Crippen LogP) is -0.0493. The smallest absolute Gasteiger partial charge is 0.239 e. The molecule has 1 aliphatic heterocycles. The number of amides is 1. The van der Waals surface area contributed by atoms with Crippen molar-refractivity contribution in [3.63, 3.8) is 0 Å². The zero-order valence-electron chi connectivity index (χ0n) is 11.4. The van der Waals surface area contributed by atoms with Gasteiger partial charge in [-0.15, -0.1) is 0 Å². The van der Waals surface area contributed by atoms with E-state index in [-0.39, 0.29) is 11.4 Å². The van der Waals surface area contributed by atoms with Crippen molar-refractivity contribution in [1.29, 1.82) is 0 Å². The maximum Gasteiger partial charge on any atom is 0.239 e. The molecule has 0 atom stereocenters. The van der Waals surface area contributed by atoms with Crippen molar-refractivity contribution in [2.24, 2.45) is 5.73 Å². The maximum absolute atomic E-state index is 11.7. The van der Waals surface area contributed by atoms with E-state index in [0.717, 1.165) is 26.3 Å². The van der Waals surface area contributed by atoms with Crippen LogP contribution in [0, 0.1) is 0 Å². The topological polar surface area (TPSA) is 67.6 Å². The van der Waals surface area contributed by atoms with Crippen LogP contribution in [0.5, 0.6) is 0 Å². The van der Waals surface area contributed by atoms with Crippen LogP contribution in [0.3, 0.4) is 0 Å². The van der Waals surface area contributed by atoms with Gasteiger partial charge in [-0.25, -0.2) is 0 Å². The summed E-state index contributed by atoms with van der Waals surface area (Å²) in [7, 11) is 0. The van der Waals surface area contributed by atoms with E-state index in [1.807, 2.05) is 0 Å². The van der Waals surface area contributed by atoms with E-state index in [1.54, 1.807) is 13.8 Å². The lowest BCUT2D eigenvalue weighted by Gasteiger charge is -2.41. The predicted molar refractivity (Wildman–Crippen MR) is 67.7 cm³/mol. The lowest BCUT2D eigenvalue weighted by molar-refractivity contribution is -0.126. The first kappa shape index (κ1) is 14.4. The normalized spacial score (nSPS) is 19.1. The van der Waals surface area contributed by atoms with Crippen LogP contribution in [0.4, 0.5) is 0 Å². The number of hydrogen-bond acceptors (Lipinski definition) is 4. The third kappa shape index (κ3) is 4.26. The molecule has 5 nitrogen and oxygen atoms in total. The first-order valence-electron chi connectivity index (χ1n) is 6.13. The fourth-order valence-corrected chi connectivity index (χ4v) is 1.80. The van der Waals surface area contributed by atoms with Crippen LogP contribution < -0.4 is 11.1 Å². The lowest BCUT2D eigenvalue weighted by atomic mass is 10.0. The molecule has 1 saturated heterocycles. The van der Waals surface area contributed by atoms with Gasteiger partial charge in [-0.2, -0.15) is 0 Å². The second-order valence-corrected chi connectivity index (χ2v) is 5.82. The Morgan fingerprint density at radius 2 is 1.82 bits per heavy atom. The van der Waals surface area contributed by atoms with Gasteiger partial charge in [0.2, 0.25) is 5.91 Å². The summed E-state index contributed by atoms with van der Waals surface area (Å²) in [6.45, 7) is 11.6. The van der Waals surface area contributed by atoms with Crippen molar-refractivity contribution in [1.82, 2.24) is 10.2 Å². The van der Waals surface area contributed by atoms with E-state index in [9.17, 15) is 4.79 Å². The lowest BCUT2D eigenvalue weighted by Crippen LogP contribution is -2.58. The summed E-state index contributed by atoms with van der Waals surface area (Å²) in [5, 5.41) is 2.91. The molecule has 17 heavy (non-hydrogen) atoms. The SMILES string of the molecule is CC(C)(N)C(=O)NCC(C)(C)N1CCOCC1. The Morgan fingerprint density at radius 3 is 2.29 bits per heavy atom. The highest BCUT2D eigenvalue weighted by molar-refractivity contribution is 5.85. The molecule has 1 fully saturated rings. The monoisotopic (exact) mass is 243 g/mol. The molecule has 0 aromatic rings. The van der Waals surface area contributed by atoms with Crippen molar-refractivity contribution >= 4 is 5.91 Å². The molecule has 0 unspecified atom stereocenters. The van der Waals surface area contributed by atoms with Gasteiger partial charge in [-0.3, -0.25) is 9.69 Å². The minimum Gasteiger partial charge on any atom is -0.379 e. The summed E-state index contributed by atoms with van der Waals surface area (Å²) >= 11 is 0. The average molecular weight is 243 g/mol. The van der Waals surface area contributed by atoms with Crippen molar-refractivity contribution in [2.75, 3.05) is 32.8 Å². The number of ether oxygens (including phenoxy) is 1. The van der Waals surface area contributed by atoms with E-state index in [0.29, 0.717) is 6.54 Å². The minimum atomic E-state index is -0.818. The van der Waals surface area contributed by atoms with E-state index >= 15 is 0 Å². The van der Waals surface area contributed by atoms with Gasteiger partial charge in [0.15, 0.2) is 0 Å². The molecule has 5 heteroatoms. The Kier molecular flexibility index (Phi) is 4.52. The molecule has 0 aromatic heterocycles. The molecular weight excluding hydrogens is 218 g/mol. The van der Waals surface area contributed by atoms with Crippen molar-refractivity contribution in [2.45, 2.75) is 38.8 Å². The fraction of sp³-hybridized carbons (Fsp3) is 0.917. The van der Waals surface area contributed by atoms with Crippen LogP contribution in [0.25, 0.3) is 0 Å². The number of nitrogens with two attached hydrogens (primary N) is 1. The number of nitrogens with one attached hydrogen (secondary N) is 1. The van der Waals surface area contributed by atoms with Gasteiger partial charge in [-0.05, 0) is 27.7 Å². The summed E-state index contributed by atoms with van der Waals surface area (Å²) in [6.07, 6.45) is 0. The zero-order chi connectivity index (χ0) is 13.1. The highest BCUT2D eigenvalue weighted by Gasteiger charge is 2.30. The molecule has 0 radical (unpaired) electrons. The molecule has 1 heterocycles. The molecule has 0 spiro atoms. The number of carbonyl (C=O) groups is 1. The highest BCUT2D eigenvalue weighted by Crippen LogP contribution is 2.15. The summed E-state index contributed by atoms with van der Waals surface area (Å²) in [6, 6.07) is 0. The molecular formula is C12H25N3O2. The molecule has 100 valence electrons. The van der Waals surface area contributed by atoms with Gasteiger partial charge < -0.3 is 15.8 Å². The third-order valence-corrected chi connectivity index (χ3v) is 3.13. The van der Waals surface area contributed by atoms with Crippen LogP contribution in [0.15, 0.2) is 0 Å². The maximum atomic E-state index is 11.7. The number of nitrogens with zero attached hydrogens (tertiary/aromatic N) is 1. The quantitative estimate of drug-likeness (QED) is 0.726. The van der Waals surface area contributed by atoms with Gasteiger partial charge in [0.25, 0.3) is 0 Å². The van der Waals surface area contributed by atoms with E-state index in [4.69, 9.17) is 10.5 Å². The van der Waals surface area contributed by atoms with E-state index in [1.165, 1.54) is 0 Å². The second-order valence-electron chi connectivity index (χ2n) is 5.82. The third-order valence-electron chi connectivity index (χ3n) is 3.13. The number of morpholine rings is 1. The fourth-order valence-electron chi connectivity index (χ4n) is 1.80. The first-order valence-corrected chi connectivity index (χ1v) is 6.13. The minimum absolute atomic E-state index is 0.0648. The van der Waals surface area contributed by atoms with Gasteiger partial charge >= 0.3 is 0 Å². The molecule has 0 aliphatic carbocycles. The Morgan fingerprint density at radius 1 is 1.29 bits per heavy atom. The van der Waals surface area contributed by atoms with Gasteiger partial charge in [0.1, 0.15) is 0 Å². The molecule has 0 aromatic carbocycles. The van der Waals surface area contributed by atoms with Crippen LogP contribution in [0.2, 0.25) is 0 Å². The summed E-state index contributed by atoms with van der Waals surface area (Å²) in [5.74, 6) is -0.112. The Hall–Kier alpha value is -0.650. The summed E-state index contributed by atoms with van der Waals surface area (Å²) in [4.78, 5) is 14.0. The molecule has 1 aliphatic rings. The first-order chi connectivity index (χ1) is 7.73. The van der Waals surface area contributed by atoms with Crippen molar-refractivity contribution < 1.29 is 9.53 Å². The van der Waals surface area contributed by atoms with Gasteiger partial charge in [-0.1, -0.05) is 0 Å². The van der Waals surface area contributed by atoms with Crippen molar-refractivity contribution in [3.05, 3.63) is 0 Å². The molecule has 0 saturated carbocycles. The molecule has 3 N–H and O–H groups in total. The Bertz CT molecular complexity index is 265. The van der Waals surface area contributed by atoms with Crippen LogP contribution in [-0.4, -0.2) is 54.7 Å². The highest BCUT2D eigenvalue weighted by atomic mass is 16.5. The average Bonchev–Trinajstić information content (AvgIpc) is 2.26.